The molecule has 0 saturated carbocycles. The van der Waals surface area contributed by atoms with Crippen LogP contribution in [0.3, 0.4) is 0 Å². The van der Waals surface area contributed by atoms with Gasteiger partial charge in [0.1, 0.15) is 23.0 Å². The number of phenols is 1. The van der Waals surface area contributed by atoms with Gasteiger partial charge in [-0.15, -0.1) is 23.5 Å². The summed E-state index contributed by atoms with van der Waals surface area (Å²) >= 11 is 1.66. The van der Waals surface area contributed by atoms with E-state index in [1.54, 1.807) is 17.0 Å². The van der Waals surface area contributed by atoms with Gasteiger partial charge >= 0.3 is 0 Å². The lowest BCUT2D eigenvalue weighted by atomic mass is 9.79. The Morgan fingerprint density at radius 3 is 2.37 bits per heavy atom. The number of hydrogen-bond donors (Lipinski definition) is 5. The Hall–Kier alpha value is -4.05. The molecule has 2 atom stereocenters. The molecule has 0 saturated heterocycles. The molecule has 1 unspecified atom stereocenters. The summed E-state index contributed by atoms with van der Waals surface area (Å²) in [5, 5.41) is 14.4. The number of para-hydroxylation sites is 1. The molecule has 1 aliphatic rings. The van der Waals surface area contributed by atoms with Gasteiger partial charge in [0.2, 0.25) is 11.8 Å². The second-order valence-corrected chi connectivity index (χ2v) is 14.9. The Morgan fingerprint density at radius 1 is 1.06 bits per heavy atom. The highest BCUT2D eigenvalue weighted by molar-refractivity contribution is 8.14. The Balaban J connectivity index is 1.63. The number of aromatic hydroxyl groups is 1. The summed E-state index contributed by atoms with van der Waals surface area (Å²) < 4.78 is 37.2. The number of benzene rings is 3. The van der Waals surface area contributed by atoms with E-state index in [0.29, 0.717) is 63.5 Å². The number of ether oxygens (including phenoxy) is 1. The van der Waals surface area contributed by atoms with Gasteiger partial charge in [0.15, 0.2) is 11.7 Å². The zero-order chi connectivity index (χ0) is 35.8. The minimum atomic E-state index is -4.33. The maximum atomic E-state index is 14.4. The third-order valence-corrected chi connectivity index (χ3v) is 10.8. The molecular formula is C34H40N3O9S3. The molecule has 0 aliphatic carbocycles. The van der Waals surface area contributed by atoms with Gasteiger partial charge < -0.3 is 20.5 Å². The standard InChI is InChI=1S/C34H40N3O9S3/c1-4-6-16-34(5-2)32(41)37(23-10-8-7-9-11-23)25-19-28(47-3)26(20-27(25)48-33(34)42)46-21-29(39)36-30(22-12-14-24(38)15-13-22)31(40)35-17-18-49(43,44)45/h7-15,19-20,30,38,48H,4-6,16-18,21H2,1-3H3,(H,35,40)(H,36,39)(H,43,44,45)/t30-,34?/m1/s1. The molecule has 15 heteroatoms. The predicted molar refractivity (Wildman–Crippen MR) is 190 cm³/mol. The molecule has 0 fully saturated rings. The number of amides is 3. The van der Waals surface area contributed by atoms with Crippen molar-refractivity contribution in [2.24, 2.45) is 5.41 Å². The molecule has 263 valence electrons. The van der Waals surface area contributed by atoms with Crippen molar-refractivity contribution in [1.82, 2.24) is 10.6 Å². The van der Waals surface area contributed by atoms with Crippen molar-refractivity contribution in [3.63, 3.8) is 0 Å². The highest BCUT2D eigenvalue weighted by atomic mass is 32.2. The maximum Gasteiger partial charge on any atom is 0.266 e. The number of hydrogen-bond acceptors (Lipinski definition) is 9. The average molecular weight is 731 g/mol. The average Bonchev–Trinajstić information content (AvgIpc) is 3.16. The number of thiol groups is 1. The van der Waals surface area contributed by atoms with Crippen molar-refractivity contribution < 1.29 is 42.0 Å². The summed E-state index contributed by atoms with van der Waals surface area (Å²) in [7, 11) is -4.33. The van der Waals surface area contributed by atoms with Crippen molar-refractivity contribution in [3.8, 4) is 11.5 Å². The van der Waals surface area contributed by atoms with Gasteiger partial charge in [0.05, 0.1) is 16.3 Å². The van der Waals surface area contributed by atoms with Gasteiger partial charge in [-0.2, -0.15) is 8.42 Å². The molecule has 1 heterocycles. The largest absolute Gasteiger partial charge is 0.508 e. The summed E-state index contributed by atoms with van der Waals surface area (Å²) in [5.74, 6) is -2.20. The maximum absolute atomic E-state index is 14.4. The molecule has 3 aromatic rings. The zero-order valence-corrected chi connectivity index (χ0v) is 29.9. The molecule has 0 bridgehead atoms. The van der Waals surface area contributed by atoms with E-state index in [4.69, 9.17) is 9.29 Å². The van der Waals surface area contributed by atoms with Crippen LogP contribution >= 0.6 is 23.5 Å². The predicted octanol–water partition coefficient (Wildman–Crippen LogP) is 4.97. The topological polar surface area (TPSA) is 179 Å². The first-order valence-electron chi connectivity index (χ1n) is 15.6. The number of anilines is 2. The first-order valence-corrected chi connectivity index (χ1v) is 19.4. The molecule has 1 radical (unpaired) electrons. The zero-order valence-electron chi connectivity index (χ0n) is 27.3. The highest BCUT2D eigenvalue weighted by Gasteiger charge is 2.49. The fourth-order valence-electron chi connectivity index (χ4n) is 5.43. The Labute approximate surface area is 294 Å². The molecule has 4 rings (SSSR count). The van der Waals surface area contributed by atoms with E-state index in [1.807, 2.05) is 50.4 Å². The van der Waals surface area contributed by atoms with Crippen LogP contribution < -0.4 is 20.3 Å². The van der Waals surface area contributed by atoms with Crippen molar-refractivity contribution in [2.75, 3.05) is 30.1 Å². The van der Waals surface area contributed by atoms with Crippen LogP contribution in [0.15, 0.2) is 76.5 Å². The number of nitrogens with one attached hydrogen (secondary N) is 2. The molecule has 4 N–H and O–H groups in total. The molecule has 49 heavy (non-hydrogen) atoms. The summed E-state index contributed by atoms with van der Waals surface area (Å²) in [4.78, 5) is 57.3. The summed E-state index contributed by atoms with van der Waals surface area (Å²) in [6.07, 6.45) is 4.13. The van der Waals surface area contributed by atoms with Gasteiger partial charge in [0.25, 0.3) is 16.0 Å². The lowest BCUT2D eigenvalue weighted by molar-refractivity contribution is -0.136. The van der Waals surface area contributed by atoms with E-state index in [1.165, 1.54) is 36.0 Å². The normalized spacial score (nSPS) is 16.8. The number of unbranched alkanes of at least 4 members (excludes halogenated alkanes) is 1. The van der Waals surface area contributed by atoms with Crippen LogP contribution in [-0.4, -0.2) is 66.1 Å². The smallest absolute Gasteiger partial charge is 0.266 e. The number of thioether (sulfide) groups is 1. The summed E-state index contributed by atoms with van der Waals surface area (Å²) in [5.41, 5.74) is 0.269. The second-order valence-electron chi connectivity index (χ2n) is 11.4. The highest BCUT2D eigenvalue weighted by Crippen LogP contribution is 2.51. The van der Waals surface area contributed by atoms with Crippen molar-refractivity contribution >= 4 is 67.9 Å². The molecule has 1 aliphatic heterocycles. The second kappa shape index (κ2) is 16.6. The fourth-order valence-corrected chi connectivity index (χ4v) is 7.60. The number of carbonyl (C=O) groups is 4. The van der Waals surface area contributed by atoms with E-state index in [2.05, 4.69) is 10.6 Å². The van der Waals surface area contributed by atoms with Gasteiger partial charge in [0, 0.05) is 17.1 Å². The van der Waals surface area contributed by atoms with E-state index in [-0.39, 0.29) is 16.8 Å². The van der Waals surface area contributed by atoms with Crippen LogP contribution in [0.2, 0.25) is 0 Å². The van der Waals surface area contributed by atoms with E-state index < -0.39 is 52.3 Å². The number of carbonyl (C=O) groups excluding carboxylic acids is 4. The molecular weight excluding hydrogens is 691 g/mol. The third-order valence-electron chi connectivity index (χ3n) is 8.13. The molecule has 0 spiro atoms. The van der Waals surface area contributed by atoms with Crippen LogP contribution in [0, 0.1) is 5.41 Å². The summed E-state index contributed by atoms with van der Waals surface area (Å²) in [6.45, 7) is 2.95. The van der Waals surface area contributed by atoms with Crippen molar-refractivity contribution in [2.45, 2.75) is 55.4 Å². The minimum absolute atomic E-state index is 0.0661. The van der Waals surface area contributed by atoms with Crippen molar-refractivity contribution in [3.05, 3.63) is 72.3 Å². The Morgan fingerprint density at radius 2 is 1.76 bits per heavy atom. The molecule has 0 aromatic heterocycles. The van der Waals surface area contributed by atoms with Crippen LogP contribution in [0.5, 0.6) is 11.5 Å². The lowest BCUT2D eigenvalue weighted by Crippen LogP contribution is -2.44. The number of fused-ring (bicyclic) bond motifs is 1. The van der Waals surface area contributed by atoms with Crippen molar-refractivity contribution in [1.29, 1.82) is 0 Å². The lowest BCUT2D eigenvalue weighted by Gasteiger charge is -2.33. The van der Waals surface area contributed by atoms with E-state index in [9.17, 15) is 32.7 Å². The minimum Gasteiger partial charge on any atom is -0.508 e. The van der Waals surface area contributed by atoms with E-state index >= 15 is 0 Å². The number of nitrogens with zero attached hydrogens (tertiary/aromatic N) is 1. The van der Waals surface area contributed by atoms with Crippen LogP contribution in [0.4, 0.5) is 11.4 Å². The van der Waals surface area contributed by atoms with Gasteiger partial charge in [-0.3, -0.25) is 28.6 Å². The molecule has 3 aromatic carbocycles. The number of phenolic OH excluding ortho intramolecular Hbond substituents is 1. The van der Waals surface area contributed by atoms with Gasteiger partial charge in [-0.05, 0) is 61.1 Å². The van der Waals surface area contributed by atoms with Crippen LogP contribution in [0.25, 0.3) is 0 Å². The SMILES string of the molecule is CCCCC1(CC)C(=O)[SH]c2cc(OCC(=O)N[C@@H](C(=O)NCCS(=O)(=O)O)c3ccc(O)cc3)c(SC)cc2N(c2ccccc2)C1=O. The monoisotopic (exact) mass is 730 g/mol. The number of rotatable bonds is 15. The van der Waals surface area contributed by atoms with E-state index in [0.717, 1.165) is 6.42 Å². The fraction of sp³-hybridized carbons (Fsp3) is 0.353. The quantitative estimate of drug-likeness (QED) is 0.0621. The third kappa shape index (κ3) is 9.15. The molecule has 3 amide bonds. The molecule has 12 nitrogen and oxygen atoms in total. The van der Waals surface area contributed by atoms with Crippen LogP contribution in [0.1, 0.15) is 51.1 Å². The Bertz CT molecular complexity index is 1790. The van der Waals surface area contributed by atoms with Crippen LogP contribution in [-0.2, 0) is 29.3 Å². The summed E-state index contributed by atoms with van der Waals surface area (Å²) in [6, 6.07) is 16.8. The van der Waals surface area contributed by atoms with Gasteiger partial charge in [-0.1, -0.05) is 57.0 Å². The first-order chi connectivity index (χ1) is 23.3. The first kappa shape index (κ1) is 37.8. The Kier molecular flexibility index (Phi) is 12.8. The van der Waals surface area contributed by atoms with Gasteiger partial charge in [-0.25, -0.2) is 0 Å².